The van der Waals surface area contributed by atoms with Gasteiger partial charge in [0.15, 0.2) is 0 Å². The number of anilines is 1. The molecule has 0 aliphatic rings. The summed E-state index contributed by atoms with van der Waals surface area (Å²) in [6.45, 7) is 5.77. The number of hydrogen-bond acceptors (Lipinski definition) is 5. The number of carbonyl (C=O) groups excluding carboxylic acids is 2. The molecule has 0 aliphatic heterocycles. The van der Waals surface area contributed by atoms with E-state index >= 15 is 0 Å². The van der Waals surface area contributed by atoms with Gasteiger partial charge in [0.05, 0.1) is 20.6 Å². The van der Waals surface area contributed by atoms with Crippen LogP contribution in [0.4, 0.5) is 5.69 Å². The molecule has 3 rings (SSSR count). The minimum Gasteiger partial charge on any atom is -0.354 e. The molecule has 2 amide bonds. The van der Waals surface area contributed by atoms with Gasteiger partial charge in [-0.2, -0.15) is 0 Å². The van der Waals surface area contributed by atoms with Crippen molar-refractivity contribution in [3.63, 3.8) is 0 Å². The Balaban J connectivity index is 2.04. The molecule has 0 heterocycles. The second-order valence-electron chi connectivity index (χ2n) is 9.86. The van der Waals surface area contributed by atoms with Crippen molar-refractivity contribution >= 4 is 62.5 Å². The molecule has 0 radical (unpaired) electrons. The number of sulfonamides is 1. The van der Waals surface area contributed by atoms with E-state index < -0.39 is 28.5 Å². The van der Waals surface area contributed by atoms with Gasteiger partial charge in [0.2, 0.25) is 11.8 Å². The summed E-state index contributed by atoms with van der Waals surface area (Å²) in [6, 6.07) is 17.7. The third kappa shape index (κ3) is 8.66. The smallest absolute Gasteiger partial charge is 0.264 e. The van der Waals surface area contributed by atoms with Crippen LogP contribution in [0.3, 0.4) is 0 Å². The van der Waals surface area contributed by atoms with Gasteiger partial charge in [-0.1, -0.05) is 67.2 Å². The van der Waals surface area contributed by atoms with E-state index in [0.29, 0.717) is 34.3 Å². The maximum atomic E-state index is 14.1. The number of rotatable bonds is 14. The third-order valence-electron chi connectivity index (χ3n) is 6.80. The number of hydrogen-bond donors (Lipinski definition) is 1. The van der Waals surface area contributed by atoms with Crippen LogP contribution in [0, 0.1) is 6.92 Å². The highest BCUT2D eigenvalue weighted by Gasteiger charge is 2.33. The first-order valence-corrected chi connectivity index (χ1v) is 17.2. The van der Waals surface area contributed by atoms with E-state index in [0.717, 1.165) is 27.6 Å². The maximum absolute atomic E-state index is 14.1. The first kappa shape index (κ1) is 33.8. The normalized spacial score (nSPS) is 12.0. The average Bonchev–Trinajstić information content (AvgIpc) is 2.98. The molecule has 0 saturated heterocycles. The zero-order chi connectivity index (χ0) is 30.9. The molecule has 7 nitrogen and oxygen atoms in total. The van der Waals surface area contributed by atoms with Gasteiger partial charge in [0.25, 0.3) is 10.0 Å². The second kappa shape index (κ2) is 15.7. The molecule has 0 aromatic heterocycles. The van der Waals surface area contributed by atoms with Crippen molar-refractivity contribution in [3.05, 3.63) is 87.9 Å². The molecule has 0 aliphatic carbocycles. The monoisotopic (exact) mass is 649 g/mol. The van der Waals surface area contributed by atoms with Gasteiger partial charge in [0.1, 0.15) is 12.6 Å². The van der Waals surface area contributed by atoms with Gasteiger partial charge in [0, 0.05) is 18.0 Å². The predicted molar refractivity (Wildman–Crippen MR) is 173 cm³/mol. The number of thioether (sulfide) groups is 1. The van der Waals surface area contributed by atoms with E-state index in [4.69, 9.17) is 23.2 Å². The van der Waals surface area contributed by atoms with Gasteiger partial charge in [-0.3, -0.25) is 13.9 Å². The van der Waals surface area contributed by atoms with Crippen molar-refractivity contribution in [2.24, 2.45) is 0 Å². The van der Waals surface area contributed by atoms with E-state index in [1.807, 2.05) is 27.0 Å². The molecule has 1 unspecified atom stereocenters. The lowest BCUT2D eigenvalue weighted by Gasteiger charge is -2.33. The summed E-state index contributed by atoms with van der Waals surface area (Å²) < 4.78 is 29.1. The summed E-state index contributed by atoms with van der Waals surface area (Å²) in [7, 11) is -4.14. The van der Waals surface area contributed by atoms with Crippen LogP contribution in [0.15, 0.2) is 76.5 Å². The Hall–Kier alpha value is -2.72. The molecular weight excluding hydrogens is 613 g/mol. The topological polar surface area (TPSA) is 86.8 Å². The maximum Gasteiger partial charge on any atom is 0.264 e. The zero-order valence-corrected chi connectivity index (χ0v) is 27.4. The van der Waals surface area contributed by atoms with Crippen LogP contribution in [0.2, 0.25) is 10.0 Å². The number of nitrogens with one attached hydrogen (secondary N) is 1. The van der Waals surface area contributed by atoms with Crippen molar-refractivity contribution in [2.75, 3.05) is 23.7 Å². The van der Waals surface area contributed by atoms with Gasteiger partial charge >= 0.3 is 0 Å². The van der Waals surface area contributed by atoms with Crippen LogP contribution < -0.4 is 9.62 Å². The quantitative estimate of drug-likeness (QED) is 0.151. The second-order valence-corrected chi connectivity index (χ2v) is 13.4. The number of halogens is 2. The minimum atomic E-state index is -4.14. The first-order valence-electron chi connectivity index (χ1n) is 13.8. The van der Waals surface area contributed by atoms with Gasteiger partial charge in [-0.05, 0) is 80.1 Å². The lowest BCUT2D eigenvalue weighted by atomic mass is 10.1. The molecule has 11 heteroatoms. The number of aryl methyl sites for hydroxylation is 1. The van der Waals surface area contributed by atoms with Crippen LogP contribution >= 0.6 is 35.0 Å². The van der Waals surface area contributed by atoms with Gasteiger partial charge < -0.3 is 10.2 Å². The van der Waals surface area contributed by atoms with Gasteiger partial charge in [-0.25, -0.2) is 8.42 Å². The molecule has 3 aromatic carbocycles. The van der Waals surface area contributed by atoms with Crippen LogP contribution in [-0.2, 0) is 26.2 Å². The fourth-order valence-corrected chi connectivity index (χ4v) is 6.52. The number of unbranched alkanes of at least 4 members (excludes halogenated alkanes) is 1. The van der Waals surface area contributed by atoms with E-state index in [-0.39, 0.29) is 17.3 Å². The van der Waals surface area contributed by atoms with Crippen LogP contribution in [0.1, 0.15) is 44.2 Å². The number of nitrogens with zero attached hydrogens (tertiary/aromatic N) is 2. The highest BCUT2D eigenvalue weighted by Crippen LogP contribution is 2.28. The summed E-state index contributed by atoms with van der Waals surface area (Å²) in [4.78, 5) is 29.8. The summed E-state index contributed by atoms with van der Waals surface area (Å²) in [6.07, 6.45) is 3.95. The fourth-order valence-electron chi connectivity index (χ4n) is 4.38. The molecule has 1 N–H and O–H groups in total. The Kier molecular flexibility index (Phi) is 12.6. The van der Waals surface area contributed by atoms with E-state index in [1.54, 1.807) is 54.6 Å². The van der Waals surface area contributed by atoms with E-state index in [1.165, 1.54) is 28.8 Å². The summed E-state index contributed by atoms with van der Waals surface area (Å²) in [5.41, 5.74) is 1.95. The first-order chi connectivity index (χ1) is 20.0. The van der Waals surface area contributed by atoms with Crippen molar-refractivity contribution in [3.8, 4) is 0 Å². The fraction of sp³-hybridized carbons (Fsp3) is 0.355. The standard InChI is InChI=1S/C31H37Cl2N3O4S2/c1-5-7-18-34-31(38)29(6-2)35(20-23-10-17-27(32)28(33)19-23)30(37)21-36(24-11-8-22(3)9-12-24)42(39,40)26-15-13-25(41-4)14-16-26/h8-17,19,29H,5-7,18,20-21H2,1-4H3,(H,34,38). The SMILES string of the molecule is CCCCNC(=O)C(CC)N(Cc1ccc(Cl)c(Cl)c1)C(=O)CN(c1ccc(C)cc1)S(=O)(=O)c1ccc(SC)cc1. The molecule has 226 valence electrons. The van der Waals surface area contributed by atoms with Crippen molar-refractivity contribution in [1.82, 2.24) is 10.2 Å². The van der Waals surface area contributed by atoms with Crippen LogP contribution in [0.5, 0.6) is 0 Å². The molecular formula is C31H37Cl2N3O4S2. The van der Waals surface area contributed by atoms with Crippen LogP contribution in [-0.4, -0.2) is 50.5 Å². The zero-order valence-electron chi connectivity index (χ0n) is 24.3. The Morgan fingerprint density at radius 1 is 0.952 bits per heavy atom. The van der Waals surface area contributed by atoms with Crippen molar-refractivity contribution < 1.29 is 18.0 Å². The third-order valence-corrected chi connectivity index (χ3v) is 10.1. The molecule has 0 bridgehead atoms. The Morgan fingerprint density at radius 3 is 2.19 bits per heavy atom. The Labute approximate surface area is 263 Å². The molecule has 0 fully saturated rings. The number of carbonyl (C=O) groups is 2. The Morgan fingerprint density at radius 2 is 1.62 bits per heavy atom. The molecule has 0 saturated carbocycles. The lowest BCUT2D eigenvalue weighted by Crippen LogP contribution is -2.52. The summed E-state index contributed by atoms with van der Waals surface area (Å²) in [5, 5.41) is 3.61. The summed E-state index contributed by atoms with van der Waals surface area (Å²) in [5.74, 6) is -0.819. The number of benzene rings is 3. The molecule has 0 spiro atoms. The molecule has 3 aromatic rings. The average molecular weight is 651 g/mol. The summed E-state index contributed by atoms with van der Waals surface area (Å²) >= 11 is 13.9. The predicted octanol–water partition coefficient (Wildman–Crippen LogP) is 6.94. The highest BCUT2D eigenvalue weighted by atomic mass is 35.5. The van der Waals surface area contributed by atoms with Crippen molar-refractivity contribution in [1.29, 1.82) is 0 Å². The number of amides is 2. The molecule has 1 atom stereocenters. The highest BCUT2D eigenvalue weighted by molar-refractivity contribution is 7.98. The molecule has 42 heavy (non-hydrogen) atoms. The van der Waals surface area contributed by atoms with Crippen molar-refractivity contribution in [2.45, 2.75) is 62.4 Å². The van der Waals surface area contributed by atoms with E-state index in [2.05, 4.69) is 5.32 Å². The minimum absolute atomic E-state index is 0.0413. The van der Waals surface area contributed by atoms with E-state index in [9.17, 15) is 18.0 Å². The van der Waals surface area contributed by atoms with Crippen LogP contribution in [0.25, 0.3) is 0 Å². The largest absolute Gasteiger partial charge is 0.354 e. The van der Waals surface area contributed by atoms with Gasteiger partial charge in [-0.15, -0.1) is 11.8 Å². The Bertz CT molecular complexity index is 1470. The lowest BCUT2D eigenvalue weighted by molar-refractivity contribution is -0.140.